The van der Waals surface area contributed by atoms with E-state index in [4.69, 9.17) is 0 Å². The summed E-state index contributed by atoms with van der Waals surface area (Å²) in [6, 6.07) is 19.9. The van der Waals surface area contributed by atoms with Gasteiger partial charge in [0.1, 0.15) is 5.78 Å². The quantitative estimate of drug-likeness (QED) is 0.769. The van der Waals surface area contributed by atoms with Crippen molar-refractivity contribution in [1.29, 1.82) is 0 Å². The van der Waals surface area contributed by atoms with Crippen LogP contribution >= 0.6 is 0 Å². The molecule has 18 heavy (non-hydrogen) atoms. The number of carbonyl (C=O) groups excluding carboxylic acids is 1. The van der Waals surface area contributed by atoms with Gasteiger partial charge in [-0.1, -0.05) is 72.8 Å². The zero-order valence-electron chi connectivity index (χ0n) is 10.3. The van der Waals surface area contributed by atoms with Crippen molar-refractivity contribution in [1.82, 2.24) is 0 Å². The Bertz CT molecular complexity index is 512. The average molecular weight is 236 g/mol. The van der Waals surface area contributed by atoms with E-state index in [1.54, 1.807) is 0 Å². The maximum atomic E-state index is 11.8. The van der Waals surface area contributed by atoms with Crippen LogP contribution in [0, 0.1) is 0 Å². The van der Waals surface area contributed by atoms with E-state index in [1.165, 1.54) is 0 Å². The Labute approximate surface area is 108 Å². The molecule has 0 aliphatic heterocycles. The van der Waals surface area contributed by atoms with Crippen molar-refractivity contribution in [3.8, 4) is 0 Å². The highest BCUT2D eigenvalue weighted by molar-refractivity contribution is 5.82. The smallest absolute Gasteiger partial charge is 0.141 e. The van der Waals surface area contributed by atoms with Gasteiger partial charge in [-0.25, -0.2) is 0 Å². The molecule has 2 rings (SSSR count). The fourth-order valence-corrected chi connectivity index (χ4v) is 1.79. The van der Waals surface area contributed by atoms with Gasteiger partial charge in [-0.3, -0.25) is 4.79 Å². The van der Waals surface area contributed by atoms with Gasteiger partial charge in [0.05, 0.1) is 0 Å². The molecule has 0 aliphatic carbocycles. The van der Waals surface area contributed by atoms with Crippen molar-refractivity contribution in [2.45, 2.75) is 12.8 Å². The van der Waals surface area contributed by atoms with E-state index in [9.17, 15) is 4.79 Å². The summed E-state index contributed by atoms with van der Waals surface area (Å²) in [7, 11) is 0. The highest BCUT2D eigenvalue weighted by atomic mass is 16.1. The predicted molar refractivity (Wildman–Crippen MR) is 75.2 cm³/mol. The van der Waals surface area contributed by atoms with Crippen LogP contribution in [0.5, 0.6) is 0 Å². The third kappa shape index (κ3) is 4.02. The first-order valence-corrected chi connectivity index (χ1v) is 6.12. The first-order chi connectivity index (χ1) is 8.84. The fraction of sp³-hybridized carbons (Fsp3) is 0.118. The number of allylic oxidation sites excluding steroid dienone is 1. The summed E-state index contributed by atoms with van der Waals surface area (Å²) < 4.78 is 0. The zero-order valence-corrected chi connectivity index (χ0v) is 10.3. The van der Waals surface area contributed by atoms with E-state index in [1.807, 2.05) is 72.8 Å². The molecule has 0 radical (unpaired) electrons. The molecule has 0 unspecified atom stereocenters. The number of Topliss-reactive ketones (excluding diaryl/α,β-unsaturated/α-hetero) is 1. The number of ketones is 1. The normalized spacial score (nSPS) is 10.7. The number of benzene rings is 2. The minimum atomic E-state index is 0.244. The van der Waals surface area contributed by atoms with Crippen LogP contribution in [-0.4, -0.2) is 5.78 Å². The van der Waals surface area contributed by atoms with E-state index >= 15 is 0 Å². The molecular formula is C17H16O. The summed E-state index contributed by atoms with van der Waals surface area (Å²) >= 11 is 0. The van der Waals surface area contributed by atoms with Crippen LogP contribution in [0.3, 0.4) is 0 Å². The molecular weight excluding hydrogens is 220 g/mol. The SMILES string of the molecule is O=C(C/C=C/c1ccccc1)Cc1ccccc1. The highest BCUT2D eigenvalue weighted by Crippen LogP contribution is 2.05. The van der Waals surface area contributed by atoms with Crippen LogP contribution in [0.15, 0.2) is 66.7 Å². The van der Waals surface area contributed by atoms with Gasteiger partial charge >= 0.3 is 0 Å². The molecule has 1 heteroatoms. The van der Waals surface area contributed by atoms with Crippen molar-refractivity contribution in [3.05, 3.63) is 77.9 Å². The topological polar surface area (TPSA) is 17.1 Å². The van der Waals surface area contributed by atoms with Crippen molar-refractivity contribution < 1.29 is 4.79 Å². The standard InChI is InChI=1S/C17H16O/c18-17(14-16-10-5-2-6-11-16)13-7-12-15-8-3-1-4-9-15/h1-12H,13-14H2/b12-7+. The van der Waals surface area contributed by atoms with E-state index in [0.717, 1.165) is 11.1 Å². The molecule has 0 spiro atoms. The summed E-state index contributed by atoms with van der Waals surface area (Å²) in [4.78, 5) is 11.8. The first-order valence-electron chi connectivity index (χ1n) is 6.12. The predicted octanol–water partition coefficient (Wildman–Crippen LogP) is 3.90. The molecule has 0 aliphatic rings. The maximum Gasteiger partial charge on any atom is 0.141 e. The minimum Gasteiger partial charge on any atom is -0.299 e. The van der Waals surface area contributed by atoms with Crippen molar-refractivity contribution in [3.63, 3.8) is 0 Å². The highest BCUT2D eigenvalue weighted by Gasteiger charge is 2.00. The summed E-state index contributed by atoms with van der Waals surface area (Å²) in [6.07, 6.45) is 4.92. The molecule has 0 atom stereocenters. The van der Waals surface area contributed by atoms with E-state index < -0.39 is 0 Å². The number of hydrogen-bond donors (Lipinski definition) is 0. The number of rotatable bonds is 5. The fourth-order valence-electron chi connectivity index (χ4n) is 1.79. The van der Waals surface area contributed by atoms with Gasteiger partial charge in [0.25, 0.3) is 0 Å². The van der Waals surface area contributed by atoms with E-state index in [-0.39, 0.29) is 5.78 Å². The third-order valence-electron chi connectivity index (χ3n) is 2.70. The minimum absolute atomic E-state index is 0.244. The second-order valence-electron chi connectivity index (χ2n) is 4.22. The molecule has 0 N–H and O–H groups in total. The lowest BCUT2D eigenvalue weighted by molar-refractivity contribution is -0.117. The molecule has 2 aromatic rings. The Morgan fingerprint density at radius 3 is 2.17 bits per heavy atom. The third-order valence-corrected chi connectivity index (χ3v) is 2.70. The van der Waals surface area contributed by atoms with Crippen molar-refractivity contribution in [2.75, 3.05) is 0 Å². The van der Waals surface area contributed by atoms with Crippen LogP contribution in [0.1, 0.15) is 17.5 Å². The summed E-state index contributed by atoms with van der Waals surface area (Å²) in [6.45, 7) is 0. The summed E-state index contributed by atoms with van der Waals surface area (Å²) in [5, 5.41) is 0. The average Bonchev–Trinajstić information content (AvgIpc) is 2.41. The Morgan fingerprint density at radius 1 is 0.889 bits per heavy atom. The zero-order chi connectivity index (χ0) is 12.6. The molecule has 0 bridgehead atoms. The molecule has 90 valence electrons. The largest absolute Gasteiger partial charge is 0.299 e. The van der Waals surface area contributed by atoms with E-state index in [2.05, 4.69) is 0 Å². The van der Waals surface area contributed by atoms with Gasteiger partial charge in [-0.15, -0.1) is 0 Å². The van der Waals surface area contributed by atoms with Crippen LogP contribution < -0.4 is 0 Å². The van der Waals surface area contributed by atoms with Crippen LogP contribution in [0.25, 0.3) is 6.08 Å². The lowest BCUT2D eigenvalue weighted by atomic mass is 10.1. The summed E-state index contributed by atoms with van der Waals surface area (Å²) in [5.41, 5.74) is 2.21. The lowest BCUT2D eigenvalue weighted by Crippen LogP contribution is -2.00. The molecule has 2 aromatic carbocycles. The van der Waals surface area contributed by atoms with Gasteiger partial charge in [0.15, 0.2) is 0 Å². The Hall–Kier alpha value is -2.15. The van der Waals surface area contributed by atoms with Gasteiger partial charge in [0.2, 0.25) is 0 Å². The maximum absolute atomic E-state index is 11.8. The van der Waals surface area contributed by atoms with Crippen LogP contribution in [0.2, 0.25) is 0 Å². The van der Waals surface area contributed by atoms with Crippen molar-refractivity contribution in [2.24, 2.45) is 0 Å². The Morgan fingerprint density at radius 2 is 1.50 bits per heavy atom. The van der Waals surface area contributed by atoms with Gasteiger partial charge in [-0.05, 0) is 11.1 Å². The first kappa shape index (κ1) is 12.3. The molecule has 0 fully saturated rings. The number of carbonyl (C=O) groups is 1. The molecule has 1 nitrogen and oxygen atoms in total. The molecule has 0 saturated carbocycles. The van der Waals surface area contributed by atoms with Gasteiger partial charge < -0.3 is 0 Å². The Kier molecular flexibility index (Phi) is 4.48. The molecule has 0 heterocycles. The Balaban J connectivity index is 1.84. The molecule has 0 saturated heterocycles. The number of hydrogen-bond acceptors (Lipinski definition) is 1. The molecule has 0 amide bonds. The van der Waals surface area contributed by atoms with E-state index in [0.29, 0.717) is 12.8 Å². The van der Waals surface area contributed by atoms with Crippen molar-refractivity contribution >= 4 is 11.9 Å². The lowest BCUT2D eigenvalue weighted by Gasteiger charge is -1.98. The monoisotopic (exact) mass is 236 g/mol. The van der Waals surface area contributed by atoms with Gasteiger partial charge in [-0.2, -0.15) is 0 Å². The van der Waals surface area contributed by atoms with Crippen LogP contribution in [0.4, 0.5) is 0 Å². The second-order valence-corrected chi connectivity index (χ2v) is 4.22. The van der Waals surface area contributed by atoms with Gasteiger partial charge in [0, 0.05) is 12.8 Å². The molecule has 0 aromatic heterocycles. The second kappa shape index (κ2) is 6.55. The summed E-state index contributed by atoms with van der Waals surface area (Å²) in [5.74, 6) is 0.244. The van der Waals surface area contributed by atoms with Crippen LogP contribution in [-0.2, 0) is 11.2 Å².